The number of ether oxygens (including phenoxy) is 1. The Morgan fingerprint density at radius 1 is 0.935 bits per heavy atom. The van der Waals surface area contributed by atoms with Crippen LogP contribution in [-0.2, 0) is 18.9 Å². The van der Waals surface area contributed by atoms with Gasteiger partial charge in [-0.1, -0.05) is 18.2 Å². The number of aromatic amines is 1. The fourth-order valence-electron chi connectivity index (χ4n) is 7.24. The molecule has 1 spiro atoms. The summed E-state index contributed by atoms with van der Waals surface area (Å²) in [6.07, 6.45) is 8.91. The van der Waals surface area contributed by atoms with Crippen LogP contribution in [0, 0.1) is 10.4 Å². The maximum Gasteiger partial charge on any atom is 0.260 e. The van der Waals surface area contributed by atoms with Crippen LogP contribution >= 0.6 is 0 Å². The molecule has 2 aromatic heterocycles. The predicted octanol–water partition coefficient (Wildman–Crippen LogP) is 1.11. The van der Waals surface area contributed by atoms with Gasteiger partial charge in [0.1, 0.15) is 22.7 Å². The number of benzene rings is 1. The van der Waals surface area contributed by atoms with Crippen molar-refractivity contribution in [1.29, 1.82) is 0 Å². The first-order valence-corrected chi connectivity index (χ1v) is 14.4. The van der Waals surface area contributed by atoms with Gasteiger partial charge in [0.25, 0.3) is 5.56 Å². The van der Waals surface area contributed by atoms with Crippen LogP contribution in [0.4, 0.5) is 0 Å². The second-order valence-electron chi connectivity index (χ2n) is 11.5. The van der Waals surface area contributed by atoms with Crippen molar-refractivity contribution in [2.45, 2.75) is 25.2 Å². The maximum atomic E-state index is 13.8. The number of nitrogens with zero attached hydrogens (tertiary/aromatic N) is 1. The highest BCUT2D eigenvalue weighted by Gasteiger charge is 2.54. The third-order valence-corrected chi connectivity index (χ3v) is 9.23. The molecular formula is C35H26N2O9. The van der Waals surface area contributed by atoms with E-state index >= 15 is 0 Å². The zero-order valence-electron chi connectivity index (χ0n) is 24.8. The molecule has 4 aliphatic carbocycles. The van der Waals surface area contributed by atoms with Crippen molar-refractivity contribution < 1.29 is 20.1 Å². The van der Waals surface area contributed by atoms with Gasteiger partial charge in [-0.05, 0) is 49.6 Å². The van der Waals surface area contributed by atoms with Crippen LogP contribution < -0.4 is 42.4 Å². The fourth-order valence-corrected chi connectivity index (χ4v) is 7.24. The van der Waals surface area contributed by atoms with Crippen LogP contribution in [0.3, 0.4) is 0 Å². The largest absolute Gasteiger partial charge is 0.510 e. The van der Waals surface area contributed by atoms with Gasteiger partial charge in [0.2, 0.25) is 16.3 Å². The zero-order valence-corrected chi connectivity index (χ0v) is 24.8. The summed E-state index contributed by atoms with van der Waals surface area (Å²) < 4.78 is 6.77. The number of hydrogen-bond donors (Lipinski definition) is 4. The lowest BCUT2D eigenvalue weighted by molar-refractivity contribution is 0.362. The number of nitrogens with one attached hydrogen (secondary N) is 1. The first kappa shape index (κ1) is 28.8. The highest BCUT2D eigenvalue weighted by molar-refractivity contribution is 6.05. The SMILES string of the molecule is C/C=C/C=C/c1cc2c(-c3cccn3C)c3c(c(O)c2c(=O)[nH]1)C1(CC3)C(O)=c2c(=O)c3c(=O)cc(OC)c(=O)c=3c(=O)c2=C1O. The van der Waals surface area contributed by atoms with Gasteiger partial charge in [0.05, 0.1) is 33.4 Å². The van der Waals surface area contributed by atoms with E-state index in [9.17, 15) is 39.3 Å². The highest BCUT2D eigenvalue weighted by atomic mass is 16.5. The molecule has 230 valence electrons. The number of phenols is 1. The third-order valence-electron chi connectivity index (χ3n) is 9.23. The van der Waals surface area contributed by atoms with Crippen LogP contribution in [0.2, 0.25) is 0 Å². The lowest BCUT2D eigenvalue weighted by Crippen LogP contribution is -2.51. The summed E-state index contributed by atoms with van der Waals surface area (Å²) >= 11 is 0. The van der Waals surface area contributed by atoms with Crippen molar-refractivity contribution in [3.8, 4) is 22.8 Å². The molecule has 46 heavy (non-hydrogen) atoms. The first-order valence-electron chi connectivity index (χ1n) is 14.4. The van der Waals surface area contributed by atoms with Gasteiger partial charge in [0.15, 0.2) is 11.2 Å². The summed E-state index contributed by atoms with van der Waals surface area (Å²) in [6.45, 7) is 1.85. The van der Waals surface area contributed by atoms with E-state index in [-0.39, 0.29) is 23.8 Å². The molecule has 7 rings (SSSR count). The van der Waals surface area contributed by atoms with Crippen molar-refractivity contribution in [2.75, 3.05) is 7.11 Å². The van der Waals surface area contributed by atoms with E-state index in [2.05, 4.69) is 4.98 Å². The molecule has 4 aliphatic rings. The minimum Gasteiger partial charge on any atom is -0.510 e. The molecule has 0 saturated heterocycles. The van der Waals surface area contributed by atoms with Crippen LogP contribution in [0.25, 0.3) is 39.6 Å². The molecule has 3 aromatic rings. The molecule has 2 heterocycles. The van der Waals surface area contributed by atoms with Gasteiger partial charge in [-0.2, -0.15) is 0 Å². The number of phenolic OH excluding ortho intramolecular Hbond substituents is 1. The van der Waals surface area contributed by atoms with E-state index in [0.29, 0.717) is 27.9 Å². The minimum atomic E-state index is -2.02. The van der Waals surface area contributed by atoms with Gasteiger partial charge in [-0.25, -0.2) is 0 Å². The summed E-state index contributed by atoms with van der Waals surface area (Å²) in [5, 5.41) is 33.2. The predicted molar refractivity (Wildman–Crippen MR) is 172 cm³/mol. The fraction of sp³-hybridized carbons (Fsp3) is 0.171. The summed E-state index contributed by atoms with van der Waals surface area (Å²) in [5.74, 6) is -2.50. The Morgan fingerprint density at radius 3 is 2.26 bits per heavy atom. The van der Waals surface area contributed by atoms with Gasteiger partial charge >= 0.3 is 0 Å². The Morgan fingerprint density at radius 2 is 1.63 bits per heavy atom. The van der Waals surface area contributed by atoms with Crippen LogP contribution in [0.5, 0.6) is 11.5 Å². The summed E-state index contributed by atoms with van der Waals surface area (Å²) in [4.78, 5) is 70.1. The number of aromatic nitrogens is 2. The van der Waals surface area contributed by atoms with Crippen molar-refractivity contribution in [3.63, 3.8) is 0 Å². The second kappa shape index (κ2) is 9.77. The van der Waals surface area contributed by atoms with Crippen molar-refractivity contribution in [1.82, 2.24) is 9.55 Å². The number of methoxy groups -OCH3 is 1. The lowest BCUT2D eigenvalue weighted by atomic mass is 9.77. The summed E-state index contributed by atoms with van der Waals surface area (Å²) in [6, 6.07) is 6.14. The molecule has 4 N–H and O–H groups in total. The number of pyridine rings is 1. The van der Waals surface area contributed by atoms with Crippen LogP contribution in [-0.4, -0.2) is 32.0 Å². The number of fused-ring (bicyclic) bond motifs is 4. The molecule has 1 atom stereocenters. The Bertz CT molecular complexity index is 2740. The maximum absolute atomic E-state index is 13.8. The normalized spacial score (nSPS) is 17.4. The number of aliphatic hydroxyl groups excluding tert-OH is 2. The van der Waals surface area contributed by atoms with Crippen molar-refractivity contribution >= 4 is 28.4 Å². The van der Waals surface area contributed by atoms with Gasteiger partial charge < -0.3 is 29.6 Å². The first-order chi connectivity index (χ1) is 22.0. The number of aliphatic hydroxyl groups is 2. The molecule has 0 radical (unpaired) electrons. The van der Waals surface area contributed by atoms with E-state index in [0.717, 1.165) is 13.2 Å². The summed E-state index contributed by atoms with van der Waals surface area (Å²) in [7, 11) is 2.93. The van der Waals surface area contributed by atoms with E-state index in [4.69, 9.17) is 4.74 Å². The lowest BCUT2D eigenvalue weighted by Gasteiger charge is -2.28. The van der Waals surface area contributed by atoms with Crippen LogP contribution in [0.1, 0.15) is 30.2 Å². The Balaban J connectivity index is 1.68. The van der Waals surface area contributed by atoms with Crippen molar-refractivity contribution in [2.24, 2.45) is 7.05 Å². The molecule has 0 fully saturated rings. The number of aryl methyl sites for hydroxylation is 1. The van der Waals surface area contributed by atoms with Gasteiger partial charge in [0, 0.05) is 47.2 Å². The molecule has 1 aromatic carbocycles. The monoisotopic (exact) mass is 618 g/mol. The highest BCUT2D eigenvalue weighted by Crippen LogP contribution is 2.56. The summed E-state index contributed by atoms with van der Waals surface area (Å²) in [5.41, 5.74) is -4.75. The quantitative estimate of drug-likeness (QED) is 0.215. The van der Waals surface area contributed by atoms with Gasteiger partial charge in [-0.3, -0.25) is 24.0 Å². The van der Waals surface area contributed by atoms with Gasteiger partial charge in [-0.15, -0.1) is 0 Å². The zero-order chi connectivity index (χ0) is 32.8. The number of allylic oxidation sites excluding steroid dienone is 3. The van der Waals surface area contributed by atoms with Crippen LogP contribution in [0.15, 0.2) is 72.7 Å². The van der Waals surface area contributed by atoms with E-state index in [1.165, 1.54) is 0 Å². The topological polar surface area (TPSA) is 176 Å². The number of H-pyrrole nitrogens is 1. The Hall–Kier alpha value is -5.97. The van der Waals surface area contributed by atoms with E-state index in [1.54, 1.807) is 43.6 Å². The molecule has 0 bridgehead atoms. The molecule has 0 aliphatic heterocycles. The second-order valence-corrected chi connectivity index (χ2v) is 11.5. The number of hydrogen-bond acceptors (Lipinski definition) is 9. The number of rotatable bonds is 4. The molecule has 11 nitrogen and oxygen atoms in total. The standard InChI is InChI=1S/C35H26N2O9/c1-4-5-6-8-15-13-17-21(18-9-7-12-37(18)2)16-10-11-35(27(16)31(42)22(17)34(45)36-15)32(43)25-26(33(35)44)30(41)24-23(29(25)40)19(38)14-20(46-3)28(24)39/h4-9,12-14,42-44H,10-11H2,1-3H3,(H,36,45)/b5-4+,8-6+. The third kappa shape index (κ3) is 3.45. The molecule has 1 unspecified atom stereocenters. The number of aromatic hydroxyl groups is 1. The van der Waals surface area contributed by atoms with E-state index in [1.807, 2.05) is 23.6 Å². The molecule has 0 amide bonds. The van der Waals surface area contributed by atoms with E-state index < -0.39 is 76.6 Å². The average Bonchev–Trinajstić information content (AvgIpc) is 3.69. The Kier molecular flexibility index (Phi) is 6.11. The molecular weight excluding hydrogens is 592 g/mol. The smallest absolute Gasteiger partial charge is 0.260 e. The Labute approximate surface area is 257 Å². The minimum absolute atomic E-state index is 0.0461. The average molecular weight is 619 g/mol. The molecule has 11 heteroatoms. The molecule has 0 saturated carbocycles. The van der Waals surface area contributed by atoms with Crippen molar-refractivity contribution in [3.05, 3.63) is 138 Å².